The molecule has 0 bridgehead atoms. The van der Waals surface area contributed by atoms with Crippen LogP contribution in [0.2, 0.25) is 10.0 Å². The summed E-state index contributed by atoms with van der Waals surface area (Å²) in [6.07, 6.45) is 0. The first-order valence-electron chi connectivity index (χ1n) is 6.10. The molecule has 0 saturated carbocycles. The number of nitrogens with two attached hydrogens (primary N) is 1. The molecule has 2 aromatic rings. The van der Waals surface area contributed by atoms with E-state index < -0.39 is 5.92 Å². The highest BCUT2D eigenvalue weighted by molar-refractivity contribution is 7.80. The van der Waals surface area contributed by atoms with Crippen molar-refractivity contribution in [3.05, 3.63) is 64.1 Å². The van der Waals surface area contributed by atoms with Crippen molar-refractivity contribution in [3.63, 3.8) is 0 Å². The minimum Gasteiger partial charge on any atom is -0.392 e. The molecule has 0 aliphatic heterocycles. The molecule has 2 aromatic carbocycles. The van der Waals surface area contributed by atoms with Crippen molar-refractivity contribution >= 4 is 52.0 Å². The van der Waals surface area contributed by atoms with E-state index in [1.165, 1.54) is 0 Å². The van der Waals surface area contributed by atoms with E-state index in [2.05, 4.69) is 5.32 Å². The lowest BCUT2D eigenvalue weighted by atomic mass is 9.98. The number of carbonyl (C=O) groups is 1. The van der Waals surface area contributed by atoms with Gasteiger partial charge < -0.3 is 11.1 Å². The quantitative estimate of drug-likeness (QED) is 0.828. The third-order valence-corrected chi connectivity index (χ3v) is 3.94. The van der Waals surface area contributed by atoms with Crippen LogP contribution < -0.4 is 11.1 Å². The van der Waals surface area contributed by atoms with Gasteiger partial charge in [0.2, 0.25) is 5.91 Å². The molecule has 0 aliphatic rings. The average Bonchev–Trinajstić information content (AvgIpc) is 2.45. The van der Waals surface area contributed by atoms with Gasteiger partial charge in [-0.2, -0.15) is 0 Å². The molecule has 108 valence electrons. The summed E-state index contributed by atoms with van der Waals surface area (Å²) in [5.74, 6) is -1.07. The number of benzene rings is 2. The highest BCUT2D eigenvalue weighted by Crippen LogP contribution is 2.30. The minimum atomic E-state index is -0.726. The summed E-state index contributed by atoms with van der Waals surface area (Å²) in [6.45, 7) is 0. The van der Waals surface area contributed by atoms with Crippen LogP contribution in [-0.2, 0) is 4.79 Å². The molecule has 21 heavy (non-hydrogen) atoms. The Kier molecular flexibility index (Phi) is 5.17. The first-order valence-corrected chi connectivity index (χ1v) is 7.26. The number of carbonyl (C=O) groups excluding carboxylic acids is 1. The van der Waals surface area contributed by atoms with Crippen LogP contribution in [0.5, 0.6) is 0 Å². The molecule has 0 heterocycles. The monoisotopic (exact) mass is 338 g/mol. The Morgan fingerprint density at radius 1 is 1.10 bits per heavy atom. The van der Waals surface area contributed by atoms with E-state index >= 15 is 0 Å². The van der Waals surface area contributed by atoms with Gasteiger partial charge >= 0.3 is 0 Å². The summed E-state index contributed by atoms with van der Waals surface area (Å²) in [4.78, 5) is 12.5. The zero-order valence-corrected chi connectivity index (χ0v) is 13.2. The molecule has 0 saturated heterocycles. The summed E-state index contributed by atoms with van der Waals surface area (Å²) in [5.41, 5.74) is 6.85. The van der Waals surface area contributed by atoms with Gasteiger partial charge in [0.1, 0.15) is 5.92 Å². The number of halogens is 2. The summed E-state index contributed by atoms with van der Waals surface area (Å²) in [7, 11) is 0. The standard InChI is InChI=1S/C15H12Cl2N2OS/c16-10-7-4-8-11(13(10)17)19-15(20)12(14(18)21)9-5-2-1-3-6-9/h1-8,12H,(H2,18,21)(H,19,20). The third kappa shape index (κ3) is 3.73. The van der Waals surface area contributed by atoms with Crippen molar-refractivity contribution < 1.29 is 4.79 Å². The van der Waals surface area contributed by atoms with E-state index in [4.69, 9.17) is 41.2 Å². The lowest BCUT2D eigenvalue weighted by molar-refractivity contribution is -0.116. The Bertz CT molecular complexity index is 677. The van der Waals surface area contributed by atoms with E-state index in [1.54, 1.807) is 30.3 Å². The average molecular weight is 339 g/mol. The Labute approximate surface area is 138 Å². The fraction of sp³-hybridized carbons (Fsp3) is 0.0667. The van der Waals surface area contributed by atoms with Gasteiger partial charge in [0, 0.05) is 0 Å². The maximum Gasteiger partial charge on any atom is 0.238 e. The van der Waals surface area contributed by atoms with Crippen LogP contribution in [0.25, 0.3) is 0 Å². The molecule has 0 aromatic heterocycles. The van der Waals surface area contributed by atoms with Crippen LogP contribution in [0.4, 0.5) is 5.69 Å². The summed E-state index contributed by atoms with van der Waals surface area (Å²) < 4.78 is 0. The van der Waals surface area contributed by atoms with Crippen molar-refractivity contribution in [2.24, 2.45) is 5.73 Å². The Hall–Kier alpha value is -1.62. The number of hydrogen-bond acceptors (Lipinski definition) is 2. The largest absolute Gasteiger partial charge is 0.392 e. The van der Waals surface area contributed by atoms with Crippen LogP contribution >= 0.6 is 35.4 Å². The number of rotatable bonds is 4. The van der Waals surface area contributed by atoms with Crippen molar-refractivity contribution in [1.82, 2.24) is 0 Å². The molecule has 6 heteroatoms. The highest BCUT2D eigenvalue weighted by atomic mass is 35.5. The Morgan fingerprint density at radius 3 is 2.38 bits per heavy atom. The van der Waals surface area contributed by atoms with Crippen LogP contribution in [0, 0.1) is 0 Å². The van der Waals surface area contributed by atoms with E-state index in [1.807, 2.05) is 18.2 Å². The normalized spacial score (nSPS) is 11.7. The first kappa shape index (κ1) is 15.8. The van der Waals surface area contributed by atoms with Gasteiger partial charge in [-0.3, -0.25) is 4.79 Å². The van der Waals surface area contributed by atoms with Crippen molar-refractivity contribution in [1.29, 1.82) is 0 Å². The van der Waals surface area contributed by atoms with Gasteiger partial charge in [0.15, 0.2) is 0 Å². The highest BCUT2D eigenvalue weighted by Gasteiger charge is 2.24. The minimum absolute atomic E-state index is 0.0943. The maximum absolute atomic E-state index is 12.4. The van der Waals surface area contributed by atoms with Crippen molar-refractivity contribution in [2.45, 2.75) is 5.92 Å². The molecule has 0 aliphatic carbocycles. The smallest absolute Gasteiger partial charge is 0.238 e. The Morgan fingerprint density at radius 2 is 1.76 bits per heavy atom. The van der Waals surface area contributed by atoms with Gasteiger partial charge in [0.05, 0.1) is 20.7 Å². The van der Waals surface area contributed by atoms with Gasteiger partial charge in [-0.1, -0.05) is 71.8 Å². The number of hydrogen-bond donors (Lipinski definition) is 2. The zero-order valence-electron chi connectivity index (χ0n) is 10.8. The number of anilines is 1. The molecule has 0 spiro atoms. The van der Waals surface area contributed by atoms with Crippen LogP contribution in [0.15, 0.2) is 48.5 Å². The molecule has 2 rings (SSSR count). The van der Waals surface area contributed by atoms with E-state index in [0.29, 0.717) is 10.7 Å². The van der Waals surface area contributed by atoms with Crippen molar-refractivity contribution in [2.75, 3.05) is 5.32 Å². The van der Waals surface area contributed by atoms with Gasteiger partial charge in [-0.15, -0.1) is 0 Å². The summed E-state index contributed by atoms with van der Waals surface area (Å²) >= 11 is 17.0. The SMILES string of the molecule is NC(=S)C(C(=O)Nc1cccc(Cl)c1Cl)c1ccccc1. The molecule has 0 radical (unpaired) electrons. The fourth-order valence-corrected chi connectivity index (χ4v) is 2.49. The third-order valence-electron chi connectivity index (χ3n) is 2.89. The number of amides is 1. The number of thiocarbonyl (C=S) groups is 1. The van der Waals surface area contributed by atoms with Gasteiger partial charge in [0.25, 0.3) is 0 Å². The van der Waals surface area contributed by atoms with Crippen LogP contribution in [0.1, 0.15) is 11.5 Å². The lowest BCUT2D eigenvalue weighted by Crippen LogP contribution is -2.31. The molecular weight excluding hydrogens is 327 g/mol. The van der Waals surface area contributed by atoms with E-state index in [0.717, 1.165) is 5.56 Å². The Balaban J connectivity index is 2.28. The maximum atomic E-state index is 12.4. The molecule has 3 N–H and O–H groups in total. The molecule has 0 fully saturated rings. The molecule has 3 nitrogen and oxygen atoms in total. The lowest BCUT2D eigenvalue weighted by Gasteiger charge is -2.16. The van der Waals surface area contributed by atoms with E-state index in [9.17, 15) is 4.79 Å². The predicted molar refractivity (Wildman–Crippen MR) is 91.1 cm³/mol. The number of nitrogens with one attached hydrogen (secondary N) is 1. The second-order valence-electron chi connectivity index (χ2n) is 4.34. The second-order valence-corrected chi connectivity index (χ2v) is 5.59. The van der Waals surface area contributed by atoms with Gasteiger partial charge in [-0.25, -0.2) is 0 Å². The van der Waals surface area contributed by atoms with Crippen LogP contribution in [-0.4, -0.2) is 10.9 Å². The molecule has 1 atom stereocenters. The first-order chi connectivity index (χ1) is 10.0. The summed E-state index contributed by atoms with van der Waals surface area (Å²) in [6, 6.07) is 14.1. The predicted octanol–water partition coefficient (Wildman–Crippen LogP) is 4.00. The topological polar surface area (TPSA) is 55.1 Å². The fourth-order valence-electron chi connectivity index (χ4n) is 1.90. The molecule has 1 unspecified atom stereocenters. The van der Waals surface area contributed by atoms with Crippen molar-refractivity contribution in [3.8, 4) is 0 Å². The van der Waals surface area contributed by atoms with Crippen LogP contribution in [0.3, 0.4) is 0 Å². The van der Waals surface area contributed by atoms with E-state index in [-0.39, 0.29) is 15.9 Å². The molecule has 1 amide bonds. The van der Waals surface area contributed by atoms with Gasteiger partial charge in [-0.05, 0) is 17.7 Å². The zero-order chi connectivity index (χ0) is 15.4. The summed E-state index contributed by atoms with van der Waals surface area (Å²) in [5, 5.41) is 3.35. The molecular formula is C15H12Cl2N2OS. The second kappa shape index (κ2) is 6.89.